The molecule has 3 heterocycles. The van der Waals surface area contributed by atoms with Gasteiger partial charge in [-0.15, -0.1) is 0 Å². The van der Waals surface area contributed by atoms with Crippen LogP contribution >= 0.6 is 0 Å². The molecule has 7 nitrogen and oxygen atoms in total. The molecular formula is C20H23FN6O. The number of aromatic nitrogens is 2. The minimum Gasteiger partial charge on any atom is -0.496 e. The summed E-state index contributed by atoms with van der Waals surface area (Å²) in [6.07, 6.45) is 7.09. The molecule has 1 N–H and O–H groups in total. The van der Waals surface area contributed by atoms with Gasteiger partial charge in [-0.1, -0.05) is 6.07 Å². The van der Waals surface area contributed by atoms with E-state index in [9.17, 15) is 4.39 Å². The van der Waals surface area contributed by atoms with Crippen LogP contribution in [0.25, 0.3) is 0 Å². The summed E-state index contributed by atoms with van der Waals surface area (Å²) >= 11 is 0. The zero-order chi connectivity index (χ0) is 19.5. The molecule has 1 aromatic heterocycles. The Morgan fingerprint density at radius 1 is 1.29 bits per heavy atom. The van der Waals surface area contributed by atoms with Gasteiger partial charge in [0.15, 0.2) is 6.29 Å². The molecule has 0 radical (unpaired) electrons. The monoisotopic (exact) mass is 382 g/mol. The van der Waals surface area contributed by atoms with Gasteiger partial charge < -0.3 is 15.0 Å². The van der Waals surface area contributed by atoms with Gasteiger partial charge in [0.25, 0.3) is 0 Å². The van der Waals surface area contributed by atoms with E-state index >= 15 is 0 Å². The summed E-state index contributed by atoms with van der Waals surface area (Å²) in [6, 6.07) is 6.57. The van der Waals surface area contributed by atoms with Crippen LogP contribution in [-0.4, -0.2) is 65.6 Å². The van der Waals surface area contributed by atoms with Crippen LogP contribution < -0.4 is 10.1 Å². The van der Waals surface area contributed by atoms with E-state index < -0.39 is 0 Å². The molecule has 4 rings (SSSR count). The molecular weight excluding hydrogens is 359 g/mol. The van der Waals surface area contributed by atoms with Crippen LogP contribution in [0.15, 0.2) is 54.1 Å². The number of hydrogen-bond donors (Lipinski definition) is 1. The lowest BCUT2D eigenvalue weighted by atomic mass is 10.0. The average Bonchev–Trinajstić information content (AvgIpc) is 2.74. The maximum absolute atomic E-state index is 13.6. The van der Waals surface area contributed by atoms with Gasteiger partial charge in [-0.2, -0.15) is 0 Å². The summed E-state index contributed by atoms with van der Waals surface area (Å²) in [5.41, 5.74) is 2.58. The highest BCUT2D eigenvalue weighted by Gasteiger charge is 2.30. The summed E-state index contributed by atoms with van der Waals surface area (Å²) < 4.78 is 19.0. The fourth-order valence-corrected chi connectivity index (χ4v) is 3.62. The third kappa shape index (κ3) is 3.74. The minimum atomic E-state index is -0.301. The third-order valence-corrected chi connectivity index (χ3v) is 5.04. The van der Waals surface area contributed by atoms with Crippen LogP contribution in [0.3, 0.4) is 0 Å². The predicted octanol–water partition coefficient (Wildman–Crippen LogP) is 1.80. The zero-order valence-electron chi connectivity index (χ0n) is 15.9. The molecule has 2 aliphatic heterocycles. The first-order chi connectivity index (χ1) is 13.7. The smallest absolute Gasteiger partial charge is 0.178 e. The Morgan fingerprint density at radius 2 is 2.18 bits per heavy atom. The highest BCUT2D eigenvalue weighted by Crippen LogP contribution is 2.29. The van der Waals surface area contributed by atoms with Crippen LogP contribution in [0, 0.1) is 5.82 Å². The Hall–Kier alpha value is -2.84. The maximum atomic E-state index is 13.6. The summed E-state index contributed by atoms with van der Waals surface area (Å²) in [5, 5.41) is 3.51. The second kappa shape index (κ2) is 8.04. The fraction of sp³-hybridized carbons (Fsp3) is 0.350. The lowest BCUT2D eigenvalue weighted by Crippen LogP contribution is -2.54. The van der Waals surface area contributed by atoms with Gasteiger partial charge in [-0.05, 0) is 18.2 Å². The Labute approximate surface area is 163 Å². The molecule has 0 aliphatic carbocycles. The number of nitrogens with one attached hydrogen (secondary N) is 1. The predicted molar refractivity (Wildman–Crippen MR) is 105 cm³/mol. The van der Waals surface area contributed by atoms with Crippen LogP contribution in [0.5, 0.6) is 5.75 Å². The van der Waals surface area contributed by atoms with E-state index in [1.54, 1.807) is 19.4 Å². The van der Waals surface area contributed by atoms with Crippen LogP contribution in [0.4, 0.5) is 4.39 Å². The molecule has 8 heteroatoms. The van der Waals surface area contributed by atoms with Crippen molar-refractivity contribution in [1.29, 1.82) is 0 Å². The molecule has 1 aromatic carbocycles. The summed E-state index contributed by atoms with van der Waals surface area (Å²) in [6.45, 7) is 2.38. The number of halogens is 1. The van der Waals surface area contributed by atoms with E-state index in [0.29, 0.717) is 5.75 Å². The summed E-state index contributed by atoms with van der Waals surface area (Å²) in [5.74, 6) is 0.255. The lowest BCUT2D eigenvalue weighted by Gasteiger charge is -2.41. The van der Waals surface area contributed by atoms with Gasteiger partial charge in [0.2, 0.25) is 0 Å². The van der Waals surface area contributed by atoms with Crippen molar-refractivity contribution in [3.05, 3.63) is 66.1 Å². The first-order valence-electron chi connectivity index (χ1n) is 9.21. The van der Waals surface area contributed by atoms with Crippen molar-refractivity contribution in [3.63, 3.8) is 0 Å². The van der Waals surface area contributed by atoms with Crippen LogP contribution in [0.2, 0.25) is 0 Å². The molecule has 146 valence electrons. The molecule has 28 heavy (non-hydrogen) atoms. The van der Waals surface area contributed by atoms with Crippen molar-refractivity contribution in [3.8, 4) is 5.75 Å². The largest absolute Gasteiger partial charge is 0.496 e. The zero-order valence-corrected chi connectivity index (χ0v) is 15.9. The molecule has 1 fully saturated rings. The standard InChI is InChI=1S/C20H23FN6O/c1-26-9-6-17(16-5-7-22-13-24-16)25-20(26)27-10-8-23-18(12-27)15-4-3-14(21)11-19(15)28-2/h3-7,9,11,13,18,20,23H,8,10,12H2,1-2H3/t18?,20-/m1/s1. The summed E-state index contributed by atoms with van der Waals surface area (Å²) in [7, 11) is 3.58. The lowest BCUT2D eigenvalue weighted by molar-refractivity contribution is 0.0679. The van der Waals surface area contributed by atoms with Gasteiger partial charge in [-0.3, -0.25) is 4.90 Å². The average molecular weight is 382 g/mol. The van der Waals surface area contributed by atoms with Crippen LogP contribution in [0.1, 0.15) is 17.3 Å². The SMILES string of the molecule is COc1cc(F)ccc1C1CN([C@@H]2N=C(c3ccncn3)C=CN2C)CCN1. The number of rotatable bonds is 4. The Balaban J connectivity index is 1.57. The minimum absolute atomic E-state index is 0.0290. The molecule has 1 unspecified atom stereocenters. The quantitative estimate of drug-likeness (QED) is 0.870. The number of nitrogens with zero attached hydrogens (tertiary/aromatic N) is 5. The van der Waals surface area contributed by atoms with Crippen molar-refractivity contribution >= 4 is 5.71 Å². The first-order valence-corrected chi connectivity index (χ1v) is 9.21. The second-order valence-corrected chi connectivity index (χ2v) is 6.82. The number of benzene rings is 1. The molecule has 2 atom stereocenters. The van der Waals surface area contributed by atoms with Gasteiger partial charge in [0.1, 0.15) is 17.9 Å². The number of aliphatic imine (C=N–C) groups is 1. The Bertz CT molecular complexity index is 888. The maximum Gasteiger partial charge on any atom is 0.178 e. The van der Waals surface area contributed by atoms with E-state index in [0.717, 1.165) is 36.6 Å². The molecule has 0 bridgehead atoms. The van der Waals surface area contributed by atoms with E-state index in [-0.39, 0.29) is 18.1 Å². The third-order valence-electron chi connectivity index (χ3n) is 5.04. The number of piperazine rings is 1. The number of hydrogen-bond acceptors (Lipinski definition) is 7. The molecule has 2 aliphatic rings. The first kappa shape index (κ1) is 18.5. The van der Waals surface area contributed by atoms with E-state index in [1.807, 2.05) is 25.4 Å². The van der Waals surface area contributed by atoms with Crippen LogP contribution in [-0.2, 0) is 0 Å². The number of methoxy groups -OCH3 is 1. The molecule has 1 saturated heterocycles. The number of ether oxygens (including phenoxy) is 1. The second-order valence-electron chi connectivity index (χ2n) is 6.82. The highest BCUT2D eigenvalue weighted by atomic mass is 19.1. The van der Waals surface area contributed by atoms with Gasteiger partial charge >= 0.3 is 0 Å². The van der Waals surface area contributed by atoms with Gasteiger partial charge in [-0.25, -0.2) is 19.4 Å². The Morgan fingerprint density at radius 3 is 2.96 bits per heavy atom. The van der Waals surface area contributed by atoms with Crippen molar-refractivity contribution in [1.82, 2.24) is 25.1 Å². The molecule has 0 spiro atoms. The van der Waals surface area contributed by atoms with Crippen molar-refractivity contribution in [2.75, 3.05) is 33.8 Å². The molecule has 0 amide bonds. The van der Waals surface area contributed by atoms with E-state index in [2.05, 4.69) is 25.1 Å². The van der Waals surface area contributed by atoms with Crippen molar-refractivity contribution < 1.29 is 9.13 Å². The Kier molecular flexibility index (Phi) is 5.31. The summed E-state index contributed by atoms with van der Waals surface area (Å²) in [4.78, 5) is 17.6. The van der Waals surface area contributed by atoms with E-state index in [4.69, 9.17) is 9.73 Å². The number of allylic oxidation sites excluding steroid dienone is 1. The fourth-order valence-electron chi connectivity index (χ4n) is 3.62. The van der Waals surface area contributed by atoms with Gasteiger partial charge in [0, 0.05) is 56.8 Å². The molecule has 2 aromatic rings. The molecule has 0 saturated carbocycles. The highest BCUT2D eigenvalue weighted by molar-refractivity contribution is 6.07. The van der Waals surface area contributed by atoms with Crippen molar-refractivity contribution in [2.24, 2.45) is 4.99 Å². The van der Waals surface area contributed by atoms with Crippen molar-refractivity contribution in [2.45, 2.75) is 12.3 Å². The van der Waals surface area contributed by atoms with Gasteiger partial charge in [0.05, 0.1) is 18.5 Å². The van der Waals surface area contributed by atoms with E-state index in [1.165, 1.54) is 18.5 Å². The normalized spacial score (nSPS) is 22.8. The topological polar surface area (TPSA) is 65.9 Å².